The molecule has 0 saturated carbocycles. The third-order valence-corrected chi connectivity index (χ3v) is 4.18. The van der Waals surface area contributed by atoms with Gasteiger partial charge in [0, 0.05) is 28.8 Å². The lowest BCUT2D eigenvalue weighted by atomic mass is 9.93. The van der Waals surface area contributed by atoms with Crippen molar-refractivity contribution < 1.29 is 23.9 Å². The van der Waals surface area contributed by atoms with Crippen LogP contribution in [0.1, 0.15) is 53.1 Å². The van der Waals surface area contributed by atoms with E-state index in [0.717, 1.165) is 12.2 Å². The fourth-order valence-electron chi connectivity index (χ4n) is 2.70. The zero-order valence-electron chi connectivity index (χ0n) is 15.9. The SMILES string of the molecule is C=CC(=O)OC(C)c1ccc(C(=O)c2ccccc2)c(C(C)OC(=O)C=C)c1. The Bertz CT molecular complexity index is 898. The van der Waals surface area contributed by atoms with Gasteiger partial charge in [0.05, 0.1) is 0 Å². The van der Waals surface area contributed by atoms with Crippen molar-refractivity contribution in [3.05, 3.63) is 96.1 Å². The minimum absolute atomic E-state index is 0.195. The molecule has 2 unspecified atom stereocenters. The molecule has 5 heteroatoms. The number of hydrogen-bond donors (Lipinski definition) is 0. The van der Waals surface area contributed by atoms with Crippen LogP contribution in [-0.2, 0) is 19.1 Å². The summed E-state index contributed by atoms with van der Waals surface area (Å²) < 4.78 is 10.6. The molecule has 2 atom stereocenters. The number of hydrogen-bond acceptors (Lipinski definition) is 5. The predicted octanol–water partition coefficient (Wildman–Crippen LogP) is 4.50. The maximum absolute atomic E-state index is 13.0. The zero-order valence-corrected chi connectivity index (χ0v) is 15.9. The summed E-state index contributed by atoms with van der Waals surface area (Å²) >= 11 is 0. The Hall–Kier alpha value is -3.47. The molecule has 0 N–H and O–H groups in total. The first kappa shape index (κ1) is 20.8. The van der Waals surface area contributed by atoms with Gasteiger partial charge in [-0.3, -0.25) is 4.79 Å². The van der Waals surface area contributed by atoms with Crippen LogP contribution in [0.25, 0.3) is 0 Å². The summed E-state index contributed by atoms with van der Waals surface area (Å²) in [6.07, 6.45) is 0.884. The number of rotatable bonds is 8. The maximum atomic E-state index is 13.0. The number of esters is 2. The zero-order chi connectivity index (χ0) is 20.7. The molecule has 0 heterocycles. The average Bonchev–Trinajstić information content (AvgIpc) is 2.72. The van der Waals surface area contributed by atoms with Crippen molar-refractivity contribution in [2.24, 2.45) is 0 Å². The molecule has 0 aromatic heterocycles. The van der Waals surface area contributed by atoms with Gasteiger partial charge in [-0.25, -0.2) is 9.59 Å². The van der Waals surface area contributed by atoms with Gasteiger partial charge in [-0.15, -0.1) is 0 Å². The van der Waals surface area contributed by atoms with E-state index in [0.29, 0.717) is 22.3 Å². The molecule has 0 spiro atoms. The third-order valence-electron chi connectivity index (χ3n) is 4.18. The Balaban J connectivity index is 2.47. The first-order chi connectivity index (χ1) is 13.4. The summed E-state index contributed by atoms with van der Waals surface area (Å²) in [4.78, 5) is 36.1. The van der Waals surface area contributed by atoms with Crippen LogP contribution in [0.3, 0.4) is 0 Å². The lowest BCUT2D eigenvalue weighted by molar-refractivity contribution is -0.143. The molecule has 2 aromatic carbocycles. The summed E-state index contributed by atoms with van der Waals surface area (Å²) in [6.45, 7) is 10.1. The predicted molar refractivity (Wildman–Crippen MR) is 106 cm³/mol. The monoisotopic (exact) mass is 378 g/mol. The molecule has 0 bridgehead atoms. The second-order valence-corrected chi connectivity index (χ2v) is 6.11. The van der Waals surface area contributed by atoms with Crippen molar-refractivity contribution in [1.29, 1.82) is 0 Å². The highest BCUT2D eigenvalue weighted by Crippen LogP contribution is 2.28. The van der Waals surface area contributed by atoms with E-state index in [1.54, 1.807) is 56.3 Å². The highest BCUT2D eigenvalue weighted by molar-refractivity contribution is 6.10. The number of benzene rings is 2. The Labute approximate surface area is 164 Å². The minimum Gasteiger partial charge on any atom is -0.455 e. The Morgan fingerprint density at radius 1 is 0.857 bits per heavy atom. The average molecular weight is 378 g/mol. The maximum Gasteiger partial charge on any atom is 0.330 e. The summed E-state index contributed by atoms with van der Waals surface area (Å²) in [5.74, 6) is -1.34. The van der Waals surface area contributed by atoms with E-state index >= 15 is 0 Å². The van der Waals surface area contributed by atoms with Crippen molar-refractivity contribution in [1.82, 2.24) is 0 Å². The first-order valence-corrected chi connectivity index (χ1v) is 8.77. The van der Waals surface area contributed by atoms with Crippen LogP contribution in [0, 0.1) is 0 Å². The van der Waals surface area contributed by atoms with E-state index in [1.165, 1.54) is 0 Å². The molecule has 0 aliphatic heterocycles. The summed E-state index contributed by atoms with van der Waals surface area (Å²) in [6, 6.07) is 13.9. The lowest BCUT2D eigenvalue weighted by Crippen LogP contribution is -2.14. The highest BCUT2D eigenvalue weighted by atomic mass is 16.5. The third kappa shape index (κ3) is 5.04. The molecule has 0 aliphatic rings. The van der Waals surface area contributed by atoms with Crippen LogP contribution in [-0.4, -0.2) is 17.7 Å². The van der Waals surface area contributed by atoms with Gasteiger partial charge in [0.1, 0.15) is 12.2 Å². The van der Waals surface area contributed by atoms with Gasteiger partial charge in [0.25, 0.3) is 0 Å². The topological polar surface area (TPSA) is 69.7 Å². The molecule has 144 valence electrons. The van der Waals surface area contributed by atoms with E-state index in [1.807, 2.05) is 6.07 Å². The number of carbonyl (C=O) groups excluding carboxylic acids is 3. The summed E-state index contributed by atoms with van der Waals surface area (Å²) in [7, 11) is 0. The number of ether oxygens (including phenoxy) is 2. The standard InChI is InChI=1S/C23H22O5/c1-5-21(24)27-15(3)18-12-13-19(23(26)17-10-8-7-9-11-17)20(14-18)16(4)28-22(25)6-2/h5-16H,1-2H2,3-4H3. The van der Waals surface area contributed by atoms with Crippen molar-refractivity contribution in [3.8, 4) is 0 Å². The van der Waals surface area contributed by atoms with E-state index in [-0.39, 0.29) is 5.78 Å². The summed E-state index contributed by atoms with van der Waals surface area (Å²) in [5, 5.41) is 0. The van der Waals surface area contributed by atoms with Crippen LogP contribution in [0.2, 0.25) is 0 Å². The number of carbonyl (C=O) groups is 3. The molecule has 2 rings (SSSR count). The van der Waals surface area contributed by atoms with Crippen LogP contribution < -0.4 is 0 Å². The molecule has 0 amide bonds. The Morgan fingerprint density at radius 3 is 2.00 bits per heavy atom. The molecule has 2 aromatic rings. The van der Waals surface area contributed by atoms with Gasteiger partial charge >= 0.3 is 11.9 Å². The molecule has 28 heavy (non-hydrogen) atoms. The Morgan fingerprint density at radius 2 is 1.43 bits per heavy atom. The highest BCUT2D eigenvalue weighted by Gasteiger charge is 2.22. The molecule has 5 nitrogen and oxygen atoms in total. The van der Waals surface area contributed by atoms with Crippen molar-refractivity contribution in [3.63, 3.8) is 0 Å². The fourth-order valence-corrected chi connectivity index (χ4v) is 2.70. The smallest absolute Gasteiger partial charge is 0.330 e. The lowest BCUT2D eigenvalue weighted by Gasteiger charge is -2.19. The largest absolute Gasteiger partial charge is 0.455 e. The van der Waals surface area contributed by atoms with E-state index < -0.39 is 24.1 Å². The van der Waals surface area contributed by atoms with Gasteiger partial charge < -0.3 is 9.47 Å². The van der Waals surface area contributed by atoms with Gasteiger partial charge in [-0.2, -0.15) is 0 Å². The van der Waals surface area contributed by atoms with Crippen LogP contribution in [0.5, 0.6) is 0 Å². The summed E-state index contributed by atoms with van der Waals surface area (Å²) in [5.41, 5.74) is 2.10. The van der Waals surface area contributed by atoms with Crippen LogP contribution >= 0.6 is 0 Å². The molecule has 0 aliphatic carbocycles. The van der Waals surface area contributed by atoms with E-state index in [2.05, 4.69) is 13.2 Å². The first-order valence-electron chi connectivity index (χ1n) is 8.77. The molecule has 0 saturated heterocycles. The van der Waals surface area contributed by atoms with Gasteiger partial charge in [-0.05, 0) is 25.5 Å². The second kappa shape index (κ2) is 9.46. The number of ketones is 1. The molecular weight excluding hydrogens is 356 g/mol. The van der Waals surface area contributed by atoms with Crippen molar-refractivity contribution in [2.75, 3.05) is 0 Å². The molecular formula is C23H22O5. The quantitative estimate of drug-likeness (QED) is 0.384. The fraction of sp³-hybridized carbons (Fsp3) is 0.174. The van der Waals surface area contributed by atoms with Crippen molar-refractivity contribution in [2.45, 2.75) is 26.1 Å². The second-order valence-electron chi connectivity index (χ2n) is 6.11. The Kier molecular flexibility index (Phi) is 7.04. The van der Waals surface area contributed by atoms with Crippen LogP contribution in [0.4, 0.5) is 0 Å². The van der Waals surface area contributed by atoms with E-state index in [4.69, 9.17) is 9.47 Å². The van der Waals surface area contributed by atoms with Gasteiger partial charge in [0.15, 0.2) is 5.78 Å². The van der Waals surface area contributed by atoms with Gasteiger partial charge in [0.2, 0.25) is 0 Å². The van der Waals surface area contributed by atoms with Crippen LogP contribution in [0.15, 0.2) is 73.8 Å². The molecule has 0 radical (unpaired) electrons. The minimum atomic E-state index is -0.699. The van der Waals surface area contributed by atoms with E-state index in [9.17, 15) is 14.4 Å². The van der Waals surface area contributed by atoms with Crippen molar-refractivity contribution >= 4 is 17.7 Å². The molecule has 0 fully saturated rings. The normalized spacial score (nSPS) is 12.4. The van der Waals surface area contributed by atoms with Gasteiger partial charge in [-0.1, -0.05) is 55.6 Å².